The minimum absolute atomic E-state index is 0.0579. The van der Waals surface area contributed by atoms with Gasteiger partial charge in [-0.15, -0.1) is 5.10 Å². The van der Waals surface area contributed by atoms with Gasteiger partial charge in [0.1, 0.15) is 11.4 Å². The monoisotopic (exact) mass is 402 g/mol. The van der Waals surface area contributed by atoms with Crippen LogP contribution in [-0.2, 0) is 6.18 Å². The van der Waals surface area contributed by atoms with Gasteiger partial charge in [-0.25, -0.2) is 14.3 Å². The summed E-state index contributed by atoms with van der Waals surface area (Å²) in [5.74, 6) is -2.44. The SMILES string of the molecule is CNC1CCC([C@H](C)Nc2cc(-c3n[nH]c(=O)o3)cc(F)c2C(F)(F)F)CC1. The highest BCUT2D eigenvalue weighted by atomic mass is 19.4. The summed E-state index contributed by atoms with van der Waals surface area (Å²) in [5, 5.41) is 11.6. The molecule has 0 saturated heterocycles. The molecule has 2 aromatic rings. The Bertz CT molecular complexity index is 869. The number of hydrogen-bond acceptors (Lipinski definition) is 5. The maximum Gasteiger partial charge on any atom is 0.434 e. The minimum atomic E-state index is -4.87. The van der Waals surface area contributed by atoms with Gasteiger partial charge in [-0.05, 0) is 57.7 Å². The number of aromatic nitrogens is 2. The van der Waals surface area contributed by atoms with Crippen LogP contribution in [0.1, 0.15) is 38.2 Å². The van der Waals surface area contributed by atoms with Crippen molar-refractivity contribution in [1.82, 2.24) is 15.5 Å². The molecule has 1 fully saturated rings. The number of H-pyrrole nitrogens is 1. The molecule has 0 amide bonds. The first-order chi connectivity index (χ1) is 13.2. The first-order valence-corrected chi connectivity index (χ1v) is 9.09. The number of rotatable bonds is 5. The molecule has 1 saturated carbocycles. The van der Waals surface area contributed by atoms with Gasteiger partial charge >= 0.3 is 11.9 Å². The molecule has 1 aliphatic rings. The lowest BCUT2D eigenvalue weighted by Crippen LogP contribution is -2.36. The van der Waals surface area contributed by atoms with Crippen LogP contribution in [0.5, 0.6) is 0 Å². The first kappa shape index (κ1) is 20.4. The Morgan fingerprint density at radius 2 is 1.93 bits per heavy atom. The van der Waals surface area contributed by atoms with Crippen molar-refractivity contribution in [3.63, 3.8) is 0 Å². The molecule has 10 heteroatoms. The van der Waals surface area contributed by atoms with E-state index in [1.165, 1.54) is 0 Å². The van der Waals surface area contributed by atoms with Crippen molar-refractivity contribution >= 4 is 5.69 Å². The first-order valence-electron chi connectivity index (χ1n) is 9.09. The zero-order chi connectivity index (χ0) is 20.5. The predicted molar refractivity (Wildman–Crippen MR) is 95.4 cm³/mol. The molecule has 1 aromatic heterocycles. The van der Waals surface area contributed by atoms with Crippen molar-refractivity contribution in [3.05, 3.63) is 34.1 Å². The smallest absolute Gasteiger partial charge is 0.388 e. The van der Waals surface area contributed by atoms with Gasteiger partial charge < -0.3 is 15.1 Å². The van der Waals surface area contributed by atoms with Crippen molar-refractivity contribution < 1.29 is 22.0 Å². The standard InChI is InChI=1S/C18H22F4N4O2/c1-9(10-3-5-12(23-2)6-4-10)24-14-8-11(16-25-26-17(27)28-16)7-13(19)15(14)18(20,21)22/h7-10,12,23-24H,3-6H2,1-2H3,(H,26,27)/t9-,10?,12?/m0/s1. The molecule has 0 unspecified atom stereocenters. The third-order valence-corrected chi connectivity index (χ3v) is 5.33. The number of anilines is 1. The Balaban J connectivity index is 1.91. The van der Waals surface area contributed by atoms with Gasteiger partial charge in [0.25, 0.3) is 0 Å². The predicted octanol–water partition coefficient (Wildman–Crippen LogP) is 3.77. The maximum atomic E-state index is 14.4. The molecule has 0 spiro atoms. The lowest BCUT2D eigenvalue weighted by atomic mass is 9.82. The van der Waals surface area contributed by atoms with E-state index in [0.717, 1.165) is 31.7 Å². The Labute approximate surface area is 158 Å². The average Bonchev–Trinajstić information content (AvgIpc) is 3.06. The largest absolute Gasteiger partial charge is 0.434 e. The number of benzene rings is 1. The molecule has 3 rings (SSSR count). The molecule has 1 aromatic carbocycles. The van der Waals surface area contributed by atoms with Crippen LogP contribution in [0.15, 0.2) is 21.3 Å². The van der Waals surface area contributed by atoms with Crippen LogP contribution in [0.4, 0.5) is 23.2 Å². The van der Waals surface area contributed by atoms with Crippen LogP contribution in [0, 0.1) is 11.7 Å². The van der Waals surface area contributed by atoms with E-state index in [4.69, 9.17) is 4.42 Å². The van der Waals surface area contributed by atoms with E-state index in [1.54, 1.807) is 6.92 Å². The summed E-state index contributed by atoms with van der Waals surface area (Å²) < 4.78 is 59.5. The summed E-state index contributed by atoms with van der Waals surface area (Å²) in [6, 6.07) is 1.90. The molecule has 1 atom stereocenters. The van der Waals surface area contributed by atoms with Crippen LogP contribution in [0.25, 0.3) is 11.5 Å². The molecule has 3 N–H and O–H groups in total. The Kier molecular flexibility index (Phi) is 5.78. The van der Waals surface area contributed by atoms with E-state index in [-0.39, 0.29) is 23.4 Å². The van der Waals surface area contributed by atoms with Crippen molar-refractivity contribution in [3.8, 4) is 11.5 Å². The van der Waals surface area contributed by atoms with Crippen molar-refractivity contribution in [2.45, 2.75) is 50.9 Å². The van der Waals surface area contributed by atoms with E-state index in [0.29, 0.717) is 12.1 Å². The zero-order valence-electron chi connectivity index (χ0n) is 15.5. The third-order valence-electron chi connectivity index (χ3n) is 5.33. The van der Waals surface area contributed by atoms with Crippen LogP contribution in [0.2, 0.25) is 0 Å². The Morgan fingerprint density at radius 3 is 2.46 bits per heavy atom. The Hall–Kier alpha value is -2.36. The third kappa shape index (κ3) is 4.37. The lowest BCUT2D eigenvalue weighted by molar-refractivity contribution is -0.139. The second kappa shape index (κ2) is 7.94. The number of alkyl halides is 3. The van der Waals surface area contributed by atoms with Crippen molar-refractivity contribution in [2.24, 2.45) is 5.92 Å². The molecular formula is C18H22F4N4O2. The van der Waals surface area contributed by atoms with Crippen LogP contribution in [0.3, 0.4) is 0 Å². The number of hydrogen-bond donors (Lipinski definition) is 3. The van der Waals surface area contributed by atoms with Crippen molar-refractivity contribution in [2.75, 3.05) is 12.4 Å². The highest BCUT2D eigenvalue weighted by Crippen LogP contribution is 2.40. The summed E-state index contributed by atoms with van der Waals surface area (Å²) >= 11 is 0. The lowest BCUT2D eigenvalue weighted by Gasteiger charge is -2.33. The van der Waals surface area contributed by atoms with E-state index < -0.39 is 29.0 Å². The molecule has 1 heterocycles. The molecule has 6 nitrogen and oxygen atoms in total. The summed E-state index contributed by atoms with van der Waals surface area (Å²) in [4.78, 5) is 11.1. The second-order valence-corrected chi connectivity index (χ2v) is 7.13. The summed E-state index contributed by atoms with van der Waals surface area (Å²) in [6.07, 6.45) is -1.28. The summed E-state index contributed by atoms with van der Waals surface area (Å²) in [5.41, 5.74) is -1.82. The molecule has 0 radical (unpaired) electrons. The fraction of sp³-hybridized carbons (Fsp3) is 0.556. The van der Waals surface area contributed by atoms with Gasteiger partial charge in [-0.3, -0.25) is 0 Å². The topological polar surface area (TPSA) is 83.0 Å². The second-order valence-electron chi connectivity index (χ2n) is 7.13. The summed E-state index contributed by atoms with van der Waals surface area (Å²) in [7, 11) is 1.89. The number of aromatic amines is 1. The normalized spacial score (nSPS) is 21.5. The van der Waals surface area contributed by atoms with E-state index in [2.05, 4.69) is 15.7 Å². The van der Waals surface area contributed by atoms with E-state index in [9.17, 15) is 22.4 Å². The fourth-order valence-corrected chi connectivity index (χ4v) is 3.76. The molecule has 28 heavy (non-hydrogen) atoms. The van der Waals surface area contributed by atoms with Crippen LogP contribution >= 0.6 is 0 Å². The fourth-order valence-electron chi connectivity index (χ4n) is 3.76. The number of nitrogens with zero attached hydrogens (tertiary/aromatic N) is 1. The van der Waals surface area contributed by atoms with Crippen molar-refractivity contribution in [1.29, 1.82) is 0 Å². The van der Waals surface area contributed by atoms with Gasteiger partial charge in [0.2, 0.25) is 5.89 Å². The quantitative estimate of drug-likeness (QED) is 0.664. The molecule has 154 valence electrons. The molecule has 0 bridgehead atoms. The zero-order valence-corrected chi connectivity index (χ0v) is 15.5. The van der Waals surface area contributed by atoms with E-state index >= 15 is 0 Å². The number of nitrogens with one attached hydrogen (secondary N) is 3. The maximum absolute atomic E-state index is 14.4. The molecule has 1 aliphatic carbocycles. The highest BCUT2D eigenvalue weighted by molar-refractivity contribution is 5.66. The van der Waals surface area contributed by atoms with E-state index in [1.807, 2.05) is 12.1 Å². The molecular weight excluding hydrogens is 380 g/mol. The Morgan fingerprint density at radius 1 is 1.25 bits per heavy atom. The van der Waals surface area contributed by atoms with Crippen LogP contribution < -0.4 is 16.4 Å². The summed E-state index contributed by atoms with van der Waals surface area (Å²) in [6.45, 7) is 1.80. The van der Waals surface area contributed by atoms with Crippen LogP contribution in [-0.4, -0.2) is 29.3 Å². The van der Waals surface area contributed by atoms with Gasteiger partial charge in [0.15, 0.2) is 0 Å². The minimum Gasteiger partial charge on any atom is -0.388 e. The van der Waals surface area contributed by atoms with Gasteiger partial charge in [-0.1, -0.05) is 0 Å². The number of halogens is 4. The van der Waals surface area contributed by atoms with Gasteiger partial charge in [-0.2, -0.15) is 13.2 Å². The average molecular weight is 402 g/mol. The molecule has 0 aliphatic heterocycles. The van der Waals surface area contributed by atoms with Gasteiger partial charge in [0.05, 0.1) is 5.69 Å². The highest BCUT2D eigenvalue weighted by Gasteiger charge is 2.38. The van der Waals surface area contributed by atoms with Gasteiger partial charge in [0, 0.05) is 17.6 Å².